The van der Waals surface area contributed by atoms with Gasteiger partial charge >= 0.3 is 5.63 Å². The molecule has 3 aromatic rings. The monoisotopic (exact) mass is 363 g/mol. The van der Waals surface area contributed by atoms with Crippen LogP contribution in [0.1, 0.15) is 11.1 Å². The minimum absolute atomic E-state index is 0.262. The predicted molar refractivity (Wildman–Crippen MR) is 110 cm³/mol. The zero-order chi connectivity index (χ0) is 18.5. The maximum absolute atomic E-state index is 12.7. The summed E-state index contributed by atoms with van der Waals surface area (Å²) >= 11 is 0. The molecule has 27 heavy (non-hydrogen) atoms. The first-order valence-corrected chi connectivity index (χ1v) is 9.57. The van der Waals surface area contributed by atoms with Gasteiger partial charge in [0, 0.05) is 51.1 Å². The largest absolute Gasteiger partial charge is 0.422 e. The van der Waals surface area contributed by atoms with Gasteiger partial charge in [-0.2, -0.15) is 0 Å². The number of hydrogen-bond acceptors (Lipinski definition) is 5. The lowest BCUT2D eigenvalue weighted by atomic mass is 10.0. The molecule has 0 spiro atoms. The first kappa shape index (κ1) is 17.8. The number of nitrogens with zero attached hydrogens (tertiary/aromatic N) is 1. The number of nitrogens with one attached hydrogen (secondary N) is 2. The molecule has 2 N–H and O–H groups in total. The van der Waals surface area contributed by atoms with Crippen molar-refractivity contribution >= 4 is 16.7 Å². The maximum atomic E-state index is 12.7. The Morgan fingerprint density at radius 2 is 1.74 bits per heavy atom. The average Bonchev–Trinajstić information content (AvgIpc) is 2.72. The van der Waals surface area contributed by atoms with Crippen LogP contribution in [-0.4, -0.2) is 44.2 Å². The molecule has 1 aliphatic heterocycles. The molecule has 0 atom stereocenters. The zero-order valence-corrected chi connectivity index (χ0v) is 15.4. The molecule has 0 amide bonds. The smallest absolute Gasteiger partial charge is 0.341 e. The Morgan fingerprint density at radius 3 is 2.56 bits per heavy atom. The number of para-hydroxylation sites is 1. The van der Waals surface area contributed by atoms with Gasteiger partial charge in [-0.05, 0) is 17.7 Å². The zero-order valence-electron chi connectivity index (χ0n) is 15.4. The normalized spacial score (nSPS) is 15.1. The molecular weight excluding hydrogens is 338 g/mol. The highest BCUT2D eigenvalue weighted by atomic mass is 16.4. The highest BCUT2D eigenvalue weighted by molar-refractivity contribution is 5.91. The minimum atomic E-state index is -0.262. The van der Waals surface area contributed by atoms with Crippen molar-refractivity contribution in [3.8, 4) is 0 Å². The van der Waals surface area contributed by atoms with Crippen LogP contribution in [0, 0.1) is 0 Å². The summed E-state index contributed by atoms with van der Waals surface area (Å²) in [6, 6.07) is 17.8. The summed E-state index contributed by atoms with van der Waals surface area (Å²) in [6.07, 6.45) is 0.559. The van der Waals surface area contributed by atoms with Crippen LogP contribution < -0.4 is 16.3 Å². The van der Waals surface area contributed by atoms with E-state index in [4.69, 9.17) is 4.42 Å². The molecule has 1 fully saturated rings. The third-order valence-electron chi connectivity index (χ3n) is 5.07. The Balaban J connectivity index is 1.62. The Kier molecular flexibility index (Phi) is 5.51. The molecular formula is C22H25N3O2. The van der Waals surface area contributed by atoms with E-state index in [0.717, 1.165) is 55.9 Å². The lowest BCUT2D eigenvalue weighted by molar-refractivity contribution is 0.249. The van der Waals surface area contributed by atoms with Crippen LogP contribution >= 0.6 is 0 Å². The van der Waals surface area contributed by atoms with Crippen molar-refractivity contribution in [2.45, 2.75) is 6.42 Å². The molecule has 0 unspecified atom stereocenters. The van der Waals surface area contributed by atoms with Gasteiger partial charge in [-0.25, -0.2) is 4.79 Å². The Labute approximate surface area is 159 Å². The Morgan fingerprint density at radius 1 is 1.00 bits per heavy atom. The number of piperazine rings is 1. The summed E-state index contributed by atoms with van der Waals surface area (Å²) in [5.74, 6) is 0. The second-order valence-corrected chi connectivity index (χ2v) is 6.92. The van der Waals surface area contributed by atoms with Crippen LogP contribution in [0.3, 0.4) is 0 Å². The third kappa shape index (κ3) is 4.21. The van der Waals surface area contributed by atoms with E-state index in [-0.39, 0.29) is 5.63 Å². The minimum Gasteiger partial charge on any atom is -0.422 e. The molecule has 0 saturated carbocycles. The number of benzene rings is 2. The molecule has 1 aromatic heterocycles. The first-order valence-electron chi connectivity index (χ1n) is 9.57. The number of hydrogen-bond donors (Lipinski definition) is 2. The van der Waals surface area contributed by atoms with Crippen molar-refractivity contribution in [1.82, 2.24) is 10.2 Å². The summed E-state index contributed by atoms with van der Waals surface area (Å²) in [5.41, 5.74) is 3.07. The maximum Gasteiger partial charge on any atom is 0.341 e. The van der Waals surface area contributed by atoms with Crippen LogP contribution in [0.4, 0.5) is 5.69 Å². The van der Waals surface area contributed by atoms with Gasteiger partial charge < -0.3 is 15.1 Å². The fourth-order valence-corrected chi connectivity index (χ4v) is 3.62. The molecule has 4 rings (SSSR count). The van der Waals surface area contributed by atoms with Crippen LogP contribution in [0.15, 0.2) is 63.8 Å². The fourth-order valence-electron chi connectivity index (χ4n) is 3.62. The van der Waals surface area contributed by atoms with Gasteiger partial charge in [0.25, 0.3) is 0 Å². The molecule has 0 bridgehead atoms. The highest BCUT2D eigenvalue weighted by Gasteiger charge is 2.16. The number of fused-ring (bicyclic) bond motifs is 1. The highest BCUT2D eigenvalue weighted by Crippen LogP contribution is 2.26. The molecule has 0 radical (unpaired) electrons. The Hall–Kier alpha value is -2.63. The van der Waals surface area contributed by atoms with E-state index in [1.54, 1.807) is 0 Å². The quantitative estimate of drug-likeness (QED) is 0.660. The summed E-state index contributed by atoms with van der Waals surface area (Å²) in [7, 11) is 0. The molecule has 1 aliphatic rings. The second kappa shape index (κ2) is 8.37. The molecule has 0 aliphatic carbocycles. The standard InChI is InChI=1S/C22H25N3O2/c26-22-19(16-17-6-2-1-3-7-17)21(18-8-4-5-9-20(18)27-22)24-12-15-25-13-10-23-11-14-25/h1-9,23-24H,10-16H2. The summed E-state index contributed by atoms with van der Waals surface area (Å²) in [4.78, 5) is 15.1. The van der Waals surface area contributed by atoms with Crippen molar-refractivity contribution in [3.05, 3.63) is 76.1 Å². The molecule has 5 heteroatoms. The van der Waals surface area contributed by atoms with Gasteiger partial charge in [0.05, 0.1) is 11.3 Å². The second-order valence-electron chi connectivity index (χ2n) is 6.92. The van der Waals surface area contributed by atoms with Crippen molar-refractivity contribution in [3.63, 3.8) is 0 Å². The van der Waals surface area contributed by atoms with Gasteiger partial charge in [0.15, 0.2) is 0 Å². The SMILES string of the molecule is O=c1oc2ccccc2c(NCCN2CCNCC2)c1Cc1ccccc1. The van der Waals surface area contributed by atoms with Crippen molar-refractivity contribution in [2.24, 2.45) is 0 Å². The van der Waals surface area contributed by atoms with Crippen LogP contribution in [0.2, 0.25) is 0 Å². The average molecular weight is 363 g/mol. The third-order valence-corrected chi connectivity index (χ3v) is 5.07. The Bertz CT molecular complexity index is 947. The molecule has 5 nitrogen and oxygen atoms in total. The first-order chi connectivity index (χ1) is 13.3. The van der Waals surface area contributed by atoms with E-state index in [9.17, 15) is 4.79 Å². The van der Waals surface area contributed by atoms with Crippen molar-refractivity contribution < 1.29 is 4.42 Å². The van der Waals surface area contributed by atoms with E-state index < -0.39 is 0 Å². The van der Waals surface area contributed by atoms with E-state index in [2.05, 4.69) is 15.5 Å². The van der Waals surface area contributed by atoms with E-state index in [1.165, 1.54) is 0 Å². The van der Waals surface area contributed by atoms with Gasteiger partial charge in [-0.3, -0.25) is 4.90 Å². The lowest BCUT2D eigenvalue weighted by Gasteiger charge is -2.27. The molecule has 1 saturated heterocycles. The molecule has 2 heterocycles. The van der Waals surface area contributed by atoms with Gasteiger partial charge in [-0.15, -0.1) is 0 Å². The van der Waals surface area contributed by atoms with Crippen molar-refractivity contribution in [1.29, 1.82) is 0 Å². The predicted octanol–water partition coefficient (Wildman–Crippen LogP) is 2.70. The van der Waals surface area contributed by atoms with Crippen LogP contribution in [-0.2, 0) is 6.42 Å². The van der Waals surface area contributed by atoms with E-state index >= 15 is 0 Å². The number of anilines is 1. The van der Waals surface area contributed by atoms with Gasteiger partial charge in [0.2, 0.25) is 0 Å². The topological polar surface area (TPSA) is 57.5 Å². The van der Waals surface area contributed by atoms with Crippen LogP contribution in [0.25, 0.3) is 11.0 Å². The fraction of sp³-hybridized carbons (Fsp3) is 0.318. The lowest BCUT2D eigenvalue weighted by Crippen LogP contribution is -2.45. The summed E-state index contributed by atoms with van der Waals surface area (Å²) in [5, 5.41) is 7.88. The summed E-state index contributed by atoms with van der Waals surface area (Å²) < 4.78 is 5.59. The molecule has 140 valence electrons. The number of rotatable bonds is 6. The summed E-state index contributed by atoms with van der Waals surface area (Å²) in [6.45, 7) is 5.97. The van der Waals surface area contributed by atoms with E-state index in [1.807, 2.05) is 54.6 Å². The van der Waals surface area contributed by atoms with Gasteiger partial charge in [0.1, 0.15) is 5.58 Å². The molecule has 2 aromatic carbocycles. The van der Waals surface area contributed by atoms with Crippen LogP contribution in [0.5, 0.6) is 0 Å². The van der Waals surface area contributed by atoms with Gasteiger partial charge in [-0.1, -0.05) is 42.5 Å². The van der Waals surface area contributed by atoms with E-state index in [0.29, 0.717) is 17.6 Å². The van der Waals surface area contributed by atoms with Crippen molar-refractivity contribution in [2.75, 3.05) is 44.6 Å².